The predicted molar refractivity (Wildman–Crippen MR) is 75.5 cm³/mol. The van der Waals surface area contributed by atoms with Crippen LogP contribution in [-0.4, -0.2) is 17.1 Å². The van der Waals surface area contributed by atoms with Crippen LogP contribution < -0.4 is 4.90 Å². The maximum atomic E-state index is 4.48. The molecule has 1 atom stereocenters. The maximum Gasteiger partial charge on any atom is 0.0657 e. The maximum absolute atomic E-state index is 4.48. The van der Waals surface area contributed by atoms with Crippen LogP contribution in [0.2, 0.25) is 0 Å². The monoisotopic (exact) mass is 234 g/mol. The second-order valence-corrected chi connectivity index (χ2v) is 4.99. The first kappa shape index (κ1) is 14.0. The quantitative estimate of drug-likeness (QED) is 0.771. The van der Waals surface area contributed by atoms with Gasteiger partial charge in [0.25, 0.3) is 0 Å². The lowest BCUT2D eigenvalue weighted by molar-refractivity contribution is 0.447. The topological polar surface area (TPSA) is 16.1 Å². The molecule has 1 unspecified atom stereocenters. The highest BCUT2D eigenvalue weighted by Crippen LogP contribution is 2.34. The predicted octanol–water partition coefficient (Wildman–Crippen LogP) is 3.90. The molecule has 0 radical (unpaired) electrons. The fourth-order valence-corrected chi connectivity index (χ4v) is 2.51. The summed E-state index contributed by atoms with van der Waals surface area (Å²) in [5.41, 5.74) is 2.61. The summed E-state index contributed by atoms with van der Waals surface area (Å²) in [6, 6.07) is 5.42. The van der Waals surface area contributed by atoms with Gasteiger partial charge in [-0.1, -0.05) is 27.7 Å². The lowest BCUT2D eigenvalue weighted by Crippen LogP contribution is -2.40. The molecule has 1 aromatic heterocycles. The van der Waals surface area contributed by atoms with Gasteiger partial charge in [0.2, 0.25) is 0 Å². The van der Waals surface area contributed by atoms with Crippen LogP contribution in [0, 0.1) is 5.92 Å². The van der Waals surface area contributed by atoms with Crippen LogP contribution >= 0.6 is 0 Å². The number of anilines is 1. The Morgan fingerprint density at radius 2 is 1.88 bits per heavy atom. The number of hydrogen-bond acceptors (Lipinski definition) is 2. The van der Waals surface area contributed by atoms with E-state index in [1.54, 1.807) is 0 Å². The van der Waals surface area contributed by atoms with Gasteiger partial charge < -0.3 is 4.90 Å². The summed E-state index contributed by atoms with van der Waals surface area (Å²) in [4.78, 5) is 7.00. The van der Waals surface area contributed by atoms with Crippen LogP contribution in [0.1, 0.15) is 47.2 Å². The molecule has 1 aliphatic rings. The first-order valence-corrected chi connectivity index (χ1v) is 6.83. The number of aromatic nitrogens is 1. The van der Waals surface area contributed by atoms with Crippen molar-refractivity contribution in [3.8, 4) is 0 Å². The number of rotatable bonds is 2. The zero-order chi connectivity index (χ0) is 13.0. The Morgan fingerprint density at radius 3 is 2.41 bits per heavy atom. The highest BCUT2D eigenvalue weighted by Gasteiger charge is 2.33. The Kier molecular flexibility index (Phi) is 4.98. The van der Waals surface area contributed by atoms with Crippen molar-refractivity contribution in [2.75, 3.05) is 4.90 Å². The van der Waals surface area contributed by atoms with Crippen LogP contribution in [0.25, 0.3) is 0 Å². The van der Waals surface area contributed by atoms with E-state index in [1.165, 1.54) is 11.4 Å². The summed E-state index contributed by atoms with van der Waals surface area (Å²) in [5.74, 6) is 0.682. The highest BCUT2D eigenvalue weighted by atomic mass is 15.2. The summed E-state index contributed by atoms with van der Waals surface area (Å²) in [5, 5.41) is 0. The molecule has 0 saturated heterocycles. The van der Waals surface area contributed by atoms with Crippen molar-refractivity contribution >= 4 is 5.69 Å². The van der Waals surface area contributed by atoms with Crippen molar-refractivity contribution in [3.63, 3.8) is 0 Å². The Bertz CT molecular complexity index is 345. The Balaban J connectivity index is 0.000000686. The minimum absolute atomic E-state index is 0.558. The van der Waals surface area contributed by atoms with Gasteiger partial charge >= 0.3 is 0 Å². The van der Waals surface area contributed by atoms with E-state index in [0.29, 0.717) is 18.0 Å². The van der Waals surface area contributed by atoms with E-state index in [9.17, 15) is 0 Å². The molecular weight excluding hydrogens is 208 g/mol. The smallest absolute Gasteiger partial charge is 0.0657 e. The van der Waals surface area contributed by atoms with Gasteiger partial charge in [0, 0.05) is 24.7 Å². The molecule has 0 aromatic carbocycles. The van der Waals surface area contributed by atoms with E-state index >= 15 is 0 Å². The summed E-state index contributed by atoms with van der Waals surface area (Å²) >= 11 is 0. The van der Waals surface area contributed by atoms with Crippen LogP contribution in [0.5, 0.6) is 0 Å². The average molecular weight is 234 g/mol. The van der Waals surface area contributed by atoms with Gasteiger partial charge in [0.15, 0.2) is 0 Å². The molecule has 0 fully saturated rings. The first-order valence-electron chi connectivity index (χ1n) is 6.83. The third kappa shape index (κ3) is 2.80. The molecule has 0 bridgehead atoms. The van der Waals surface area contributed by atoms with Gasteiger partial charge in [-0.2, -0.15) is 0 Å². The minimum atomic E-state index is 0.558. The van der Waals surface area contributed by atoms with Crippen molar-refractivity contribution in [2.24, 2.45) is 5.92 Å². The van der Waals surface area contributed by atoms with E-state index < -0.39 is 0 Å². The molecule has 17 heavy (non-hydrogen) atoms. The highest BCUT2D eigenvalue weighted by molar-refractivity contribution is 5.57. The number of nitrogens with zero attached hydrogens (tertiary/aromatic N) is 2. The van der Waals surface area contributed by atoms with E-state index in [2.05, 4.69) is 43.6 Å². The van der Waals surface area contributed by atoms with Gasteiger partial charge in [0.05, 0.1) is 11.4 Å². The molecule has 2 heterocycles. The van der Waals surface area contributed by atoms with Gasteiger partial charge in [-0.3, -0.25) is 4.98 Å². The molecule has 2 heteroatoms. The van der Waals surface area contributed by atoms with Gasteiger partial charge in [-0.25, -0.2) is 0 Å². The van der Waals surface area contributed by atoms with Crippen molar-refractivity contribution in [2.45, 2.75) is 60.0 Å². The molecule has 0 aliphatic carbocycles. The lowest BCUT2D eigenvalue weighted by Gasteiger charge is -2.33. The number of fused-ring (bicyclic) bond motifs is 1. The average Bonchev–Trinajstić information content (AvgIpc) is 2.71. The van der Waals surface area contributed by atoms with Crippen LogP contribution in [0.15, 0.2) is 18.3 Å². The van der Waals surface area contributed by atoms with Gasteiger partial charge in [-0.15, -0.1) is 0 Å². The minimum Gasteiger partial charge on any atom is -0.364 e. The molecule has 1 aliphatic heterocycles. The number of hydrogen-bond donors (Lipinski definition) is 0. The summed E-state index contributed by atoms with van der Waals surface area (Å²) in [7, 11) is 0. The molecular formula is C15H26N2. The molecule has 2 rings (SSSR count). The first-order chi connectivity index (χ1) is 8.11. The normalized spacial score (nSPS) is 18.1. The standard InChI is InChI=1S/C13H20N2.C2H6/c1-9(2)13-8-11-12(6-5-7-14-11)15(13)10(3)4;1-2/h5-7,9-10,13H,8H2,1-4H3;1-2H3. The van der Waals surface area contributed by atoms with Crippen LogP contribution in [-0.2, 0) is 6.42 Å². The largest absolute Gasteiger partial charge is 0.364 e. The van der Waals surface area contributed by atoms with Crippen LogP contribution in [0.3, 0.4) is 0 Å². The Morgan fingerprint density at radius 1 is 1.24 bits per heavy atom. The third-order valence-corrected chi connectivity index (χ3v) is 3.23. The molecule has 0 amide bonds. The summed E-state index contributed by atoms with van der Waals surface area (Å²) in [6.45, 7) is 13.1. The van der Waals surface area contributed by atoms with Crippen molar-refractivity contribution in [1.29, 1.82) is 0 Å². The Labute approximate surface area is 106 Å². The fraction of sp³-hybridized carbons (Fsp3) is 0.667. The van der Waals surface area contributed by atoms with E-state index in [-0.39, 0.29) is 0 Å². The second kappa shape index (κ2) is 6.04. The Hall–Kier alpha value is -1.05. The SMILES string of the molecule is CC.CC(C)C1Cc2ncccc2N1C(C)C. The molecule has 96 valence electrons. The summed E-state index contributed by atoms with van der Waals surface area (Å²) in [6.07, 6.45) is 3.01. The van der Waals surface area contributed by atoms with E-state index in [0.717, 1.165) is 6.42 Å². The van der Waals surface area contributed by atoms with E-state index in [1.807, 2.05) is 26.1 Å². The fourth-order valence-electron chi connectivity index (χ4n) is 2.51. The summed E-state index contributed by atoms with van der Waals surface area (Å²) < 4.78 is 0. The molecule has 1 aromatic rings. The molecule has 0 N–H and O–H groups in total. The van der Waals surface area contributed by atoms with Gasteiger partial charge in [0.1, 0.15) is 0 Å². The lowest BCUT2D eigenvalue weighted by atomic mass is 10.0. The molecule has 2 nitrogen and oxygen atoms in total. The van der Waals surface area contributed by atoms with Crippen molar-refractivity contribution in [3.05, 3.63) is 24.0 Å². The second-order valence-electron chi connectivity index (χ2n) is 4.99. The molecule has 0 spiro atoms. The molecule has 0 saturated carbocycles. The zero-order valence-electron chi connectivity index (χ0n) is 12.1. The van der Waals surface area contributed by atoms with Gasteiger partial charge in [-0.05, 0) is 31.9 Å². The third-order valence-electron chi connectivity index (χ3n) is 3.23. The van der Waals surface area contributed by atoms with E-state index in [4.69, 9.17) is 0 Å². The zero-order valence-corrected chi connectivity index (χ0v) is 12.1. The van der Waals surface area contributed by atoms with Crippen molar-refractivity contribution in [1.82, 2.24) is 4.98 Å². The van der Waals surface area contributed by atoms with Crippen molar-refractivity contribution < 1.29 is 0 Å². The number of pyridine rings is 1. The van der Waals surface area contributed by atoms with Crippen LogP contribution in [0.4, 0.5) is 5.69 Å².